The number of rotatable bonds is 9. The zero-order valence-electron chi connectivity index (χ0n) is 16.1. The first-order valence-corrected chi connectivity index (χ1v) is 9.52. The van der Waals surface area contributed by atoms with E-state index < -0.39 is 0 Å². The van der Waals surface area contributed by atoms with Gasteiger partial charge in [0, 0.05) is 16.8 Å². The van der Waals surface area contributed by atoms with Crippen LogP contribution in [0.25, 0.3) is 11.1 Å². The smallest absolute Gasteiger partial charge is 0.142 e. The Bertz CT molecular complexity index is 778. The van der Waals surface area contributed by atoms with Crippen LogP contribution in [0, 0.1) is 11.3 Å². The van der Waals surface area contributed by atoms with Crippen molar-refractivity contribution in [3.63, 3.8) is 0 Å². The molecule has 4 nitrogen and oxygen atoms in total. The molecule has 0 saturated heterocycles. The number of nitrogens with two attached hydrogens (primary N) is 1. The van der Waals surface area contributed by atoms with Gasteiger partial charge in [-0.25, -0.2) is 4.98 Å². The average Bonchev–Trinajstić information content (AvgIpc) is 2.66. The number of hydrogen-bond acceptors (Lipinski definition) is 4. The average molecular weight is 351 g/mol. The first kappa shape index (κ1) is 19.8. The Balaban J connectivity index is 2.70. The number of anilines is 1. The molecule has 0 unspecified atom stereocenters. The molecule has 1 aromatic heterocycles. The molecule has 0 fully saturated rings. The highest BCUT2D eigenvalue weighted by Gasteiger charge is 2.21. The van der Waals surface area contributed by atoms with Crippen LogP contribution >= 0.6 is 0 Å². The van der Waals surface area contributed by atoms with Crippen LogP contribution in [0.15, 0.2) is 24.3 Å². The second kappa shape index (κ2) is 9.82. The van der Waals surface area contributed by atoms with E-state index in [0.717, 1.165) is 66.7 Å². The first-order chi connectivity index (χ1) is 12.7. The third-order valence-corrected chi connectivity index (χ3v) is 4.70. The van der Waals surface area contributed by atoms with Crippen LogP contribution in [0.3, 0.4) is 0 Å². The molecule has 0 amide bonds. The number of methoxy groups -OCH3 is 1. The second-order valence-electron chi connectivity index (χ2n) is 6.55. The van der Waals surface area contributed by atoms with E-state index in [4.69, 9.17) is 10.5 Å². The van der Waals surface area contributed by atoms with Crippen molar-refractivity contribution >= 4 is 5.82 Å². The monoisotopic (exact) mass is 351 g/mol. The second-order valence-corrected chi connectivity index (χ2v) is 6.55. The number of benzene rings is 1. The standard InChI is InChI=1S/C22H29N3O/c1-4-6-8-13-19-16(11-7-5-2)21(18(15-23)22(24)25-19)17-12-9-10-14-20(17)26-3/h9-10,12,14H,4-8,11,13H2,1-3H3,(H2,24,25). The van der Waals surface area contributed by atoms with E-state index in [1.807, 2.05) is 24.3 Å². The lowest BCUT2D eigenvalue weighted by Gasteiger charge is -2.19. The number of ether oxygens (including phenoxy) is 1. The molecule has 2 N–H and O–H groups in total. The first-order valence-electron chi connectivity index (χ1n) is 9.52. The van der Waals surface area contributed by atoms with Crippen molar-refractivity contribution in [1.82, 2.24) is 4.98 Å². The summed E-state index contributed by atoms with van der Waals surface area (Å²) in [6.45, 7) is 4.37. The van der Waals surface area contributed by atoms with Crippen LogP contribution < -0.4 is 10.5 Å². The van der Waals surface area contributed by atoms with E-state index in [9.17, 15) is 5.26 Å². The Labute approximate surface area is 157 Å². The molecule has 2 rings (SSSR count). The van der Waals surface area contributed by atoms with Gasteiger partial charge in [0.25, 0.3) is 0 Å². The third kappa shape index (κ3) is 4.35. The van der Waals surface area contributed by atoms with Gasteiger partial charge >= 0.3 is 0 Å². The minimum Gasteiger partial charge on any atom is -0.496 e. The SMILES string of the molecule is CCCCCc1nc(N)c(C#N)c(-c2ccccc2OC)c1CCCC. The van der Waals surface area contributed by atoms with Crippen LogP contribution in [-0.4, -0.2) is 12.1 Å². The molecule has 0 saturated carbocycles. The van der Waals surface area contributed by atoms with Gasteiger partial charge < -0.3 is 10.5 Å². The fraction of sp³-hybridized carbons (Fsp3) is 0.455. The Morgan fingerprint density at radius 1 is 1.08 bits per heavy atom. The molecule has 138 valence electrons. The maximum atomic E-state index is 9.77. The highest BCUT2D eigenvalue weighted by atomic mass is 16.5. The van der Waals surface area contributed by atoms with E-state index in [1.165, 1.54) is 6.42 Å². The van der Waals surface area contributed by atoms with E-state index >= 15 is 0 Å². The number of hydrogen-bond donors (Lipinski definition) is 1. The number of nitrogens with zero attached hydrogens (tertiary/aromatic N) is 2. The molecular weight excluding hydrogens is 322 g/mol. The van der Waals surface area contributed by atoms with Crippen LogP contribution in [0.1, 0.15) is 62.8 Å². The van der Waals surface area contributed by atoms with Gasteiger partial charge in [0.05, 0.1) is 7.11 Å². The van der Waals surface area contributed by atoms with Crippen LogP contribution in [0.5, 0.6) is 5.75 Å². The lowest BCUT2D eigenvalue weighted by molar-refractivity contribution is 0.416. The van der Waals surface area contributed by atoms with Crippen molar-refractivity contribution in [1.29, 1.82) is 5.26 Å². The summed E-state index contributed by atoms with van der Waals surface area (Å²) in [7, 11) is 1.66. The quantitative estimate of drug-likeness (QED) is 0.623. The van der Waals surface area contributed by atoms with Crippen molar-refractivity contribution in [2.24, 2.45) is 0 Å². The summed E-state index contributed by atoms with van der Waals surface area (Å²) in [5.41, 5.74) is 10.7. The van der Waals surface area contributed by atoms with E-state index in [0.29, 0.717) is 11.4 Å². The Morgan fingerprint density at radius 2 is 1.81 bits per heavy atom. The van der Waals surface area contributed by atoms with Crippen LogP contribution in [0.2, 0.25) is 0 Å². The molecule has 0 atom stereocenters. The molecule has 0 aliphatic rings. The number of unbranched alkanes of at least 4 members (excludes halogenated alkanes) is 3. The molecule has 4 heteroatoms. The number of nitrogen functional groups attached to an aromatic ring is 1. The summed E-state index contributed by atoms with van der Waals surface area (Å²) < 4.78 is 5.57. The highest BCUT2D eigenvalue weighted by Crippen LogP contribution is 2.38. The predicted octanol–water partition coefficient (Wildman–Crippen LogP) is 5.29. The summed E-state index contributed by atoms with van der Waals surface area (Å²) in [6.07, 6.45) is 7.34. The van der Waals surface area contributed by atoms with Gasteiger partial charge in [0.1, 0.15) is 23.2 Å². The van der Waals surface area contributed by atoms with Crippen LogP contribution in [-0.2, 0) is 12.8 Å². The molecule has 26 heavy (non-hydrogen) atoms. The van der Waals surface area contributed by atoms with Gasteiger partial charge in [-0.2, -0.15) is 5.26 Å². The predicted molar refractivity (Wildman–Crippen MR) is 107 cm³/mol. The van der Waals surface area contributed by atoms with Gasteiger partial charge in [-0.3, -0.25) is 0 Å². The zero-order valence-corrected chi connectivity index (χ0v) is 16.1. The van der Waals surface area contributed by atoms with Gasteiger partial charge in [-0.1, -0.05) is 51.3 Å². The number of aromatic nitrogens is 1. The van der Waals surface area contributed by atoms with E-state index in [1.54, 1.807) is 7.11 Å². The topological polar surface area (TPSA) is 71.9 Å². The summed E-state index contributed by atoms with van der Waals surface area (Å²) >= 11 is 0. The molecule has 0 bridgehead atoms. The molecular formula is C22H29N3O. The Kier molecular flexibility index (Phi) is 7.47. The third-order valence-electron chi connectivity index (χ3n) is 4.70. The van der Waals surface area contributed by atoms with Crippen molar-refractivity contribution in [2.45, 2.75) is 58.8 Å². The Morgan fingerprint density at radius 3 is 2.46 bits per heavy atom. The maximum Gasteiger partial charge on any atom is 0.142 e. The molecule has 2 aromatic rings. The molecule has 0 radical (unpaired) electrons. The summed E-state index contributed by atoms with van der Waals surface area (Å²) in [4.78, 5) is 4.62. The van der Waals surface area contributed by atoms with Gasteiger partial charge in [-0.15, -0.1) is 0 Å². The van der Waals surface area contributed by atoms with Gasteiger partial charge in [0.15, 0.2) is 0 Å². The molecule has 0 spiro atoms. The minimum absolute atomic E-state index is 0.320. The molecule has 0 aliphatic carbocycles. The highest BCUT2D eigenvalue weighted by molar-refractivity contribution is 5.82. The molecule has 0 aliphatic heterocycles. The number of nitriles is 1. The van der Waals surface area contributed by atoms with E-state index in [-0.39, 0.29) is 0 Å². The number of pyridine rings is 1. The van der Waals surface area contributed by atoms with E-state index in [2.05, 4.69) is 24.9 Å². The zero-order chi connectivity index (χ0) is 18.9. The molecule has 1 aromatic carbocycles. The number of aryl methyl sites for hydroxylation is 1. The lowest BCUT2D eigenvalue weighted by Crippen LogP contribution is -2.09. The normalized spacial score (nSPS) is 10.5. The van der Waals surface area contributed by atoms with Gasteiger partial charge in [0.2, 0.25) is 0 Å². The summed E-state index contributed by atoms with van der Waals surface area (Å²) in [5.74, 6) is 1.08. The van der Waals surface area contributed by atoms with Crippen molar-refractivity contribution in [3.8, 4) is 22.9 Å². The summed E-state index contributed by atoms with van der Waals surface area (Å²) in [5, 5.41) is 9.77. The molecule has 1 heterocycles. The number of para-hydroxylation sites is 1. The fourth-order valence-electron chi connectivity index (χ4n) is 3.33. The summed E-state index contributed by atoms with van der Waals surface area (Å²) in [6, 6.07) is 10.1. The lowest BCUT2D eigenvalue weighted by atomic mass is 9.89. The van der Waals surface area contributed by atoms with Crippen LogP contribution in [0.4, 0.5) is 5.82 Å². The maximum absolute atomic E-state index is 9.77. The Hall–Kier alpha value is -2.54. The van der Waals surface area contributed by atoms with Crippen molar-refractivity contribution < 1.29 is 4.74 Å². The minimum atomic E-state index is 0.320. The largest absolute Gasteiger partial charge is 0.496 e. The fourth-order valence-corrected chi connectivity index (χ4v) is 3.33. The van der Waals surface area contributed by atoms with Crippen molar-refractivity contribution in [3.05, 3.63) is 41.1 Å². The van der Waals surface area contributed by atoms with Gasteiger partial charge in [-0.05, 0) is 37.3 Å². The van der Waals surface area contributed by atoms with Crippen molar-refractivity contribution in [2.75, 3.05) is 12.8 Å².